The van der Waals surface area contributed by atoms with Gasteiger partial charge < -0.3 is 9.47 Å². The third kappa shape index (κ3) is 2.76. The fourth-order valence-electron chi connectivity index (χ4n) is 3.69. The number of rotatable bonds is 3. The molecule has 2 saturated heterocycles. The van der Waals surface area contributed by atoms with Crippen LogP contribution in [0.4, 0.5) is 0 Å². The molecule has 22 heavy (non-hydrogen) atoms. The van der Waals surface area contributed by atoms with Crippen LogP contribution >= 0.6 is 11.8 Å². The Bertz CT molecular complexity index is 639. The van der Waals surface area contributed by atoms with E-state index < -0.39 is 0 Å². The number of imidazole rings is 1. The first kappa shape index (κ1) is 14.5. The molecule has 0 radical (unpaired) electrons. The molecule has 0 aromatic carbocycles. The Morgan fingerprint density at radius 1 is 1.27 bits per heavy atom. The largest absolute Gasteiger partial charge is 0.311 e. The molecule has 0 N–H and O–H groups in total. The first-order valence-corrected chi connectivity index (χ1v) is 9.47. The lowest BCUT2D eigenvalue weighted by molar-refractivity contribution is 0.205. The summed E-state index contributed by atoms with van der Waals surface area (Å²) in [6.07, 6.45) is 7.07. The molecule has 0 aliphatic carbocycles. The highest BCUT2D eigenvalue weighted by atomic mass is 32.2. The van der Waals surface area contributed by atoms with Crippen LogP contribution in [0.1, 0.15) is 36.8 Å². The second-order valence-electron chi connectivity index (χ2n) is 6.68. The van der Waals surface area contributed by atoms with Crippen molar-refractivity contribution in [1.82, 2.24) is 19.4 Å². The summed E-state index contributed by atoms with van der Waals surface area (Å²) in [5.74, 6) is 3.31. The predicted octanol–water partition coefficient (Wildman–Crippen LogP) is 3.34. The summed E-state index contributed by atoms with van der Waals surface area (Å²) in [6.45, 7) is 3.53. The molecule has 2 aromatic rings. The molecule has 2 aliphatic rings. The van der Waals surface area contributed by atoms with Crippen LogP contribution in [0.25, 0.3) is 11.2 Å². The van der Waals surface area contributed by atoms with Gasteiger partial charge in [-0.05, 0) is 69.6 Å². The van der Waals surface area contributed by atoms with Crippen LogP contribution in [0, 0.1) is 5.92 Å². The Hall–Kier alpha value is -1.07. The van der Waals surface area contributed by atoms with E-state index >= 15 is 0 Å². The van der Waals surface area contributed by atoms with E-state index in [-0.39, 0.29) is 0 Å². The number of piperidine rings is 1. The molecule has 1 unspecified atom stereocenters. The van der Waals surface area contributed by atoms with E-state index in [0.717, 1.165) is 23.6 Å². The van der Waals surface area contributed by atoms with Crippen LogP contribution < -0.4 is 0 Å². The second-order valence-corrected chi connectivity index (χ2v) is 7.99. The van der Waals surface area contributed by atoms with Crippen molar-refractivity contribution in [1.29, 1.82) is 0 Å². The summed E-state index contributed by atoms with van der Waals surface area (Å²) in [4.78, 5) is 12.0. The minimum Gasteiger partial charge on any atom is -0.311 e. The number of hydrogen-bond acceptors (Lipinski definition) is 4. The number of pyridine rings is 1. The van der Waals surface area contributed by atoms with E-state index in [0.29, 0.717) is 5.25 Å². The van der Waals surface area contributed by atoms with Crippen molar-refractivity contribution in [2.24, 2.45) is 5.92 Å². The average Bonchev–Trinajstić information content (AvgIpc) is 3.18. The SMILES string of the molecule is CN1CCC(Cn2c(C3CCCS3)nc3cccnc32)CC1. The highest BCUT2D eigenvalue weighted by Gasteiger charge is 2.26. The molecular formula is C17H24N4S. The maximum absolute atomic E-state index is 4.94. The van der Waals surface area contributed by atoms with E-state index in [1.165, 1.54) is 50.4 Å². The van der Waals surface area contributed by atoms with Gasteiger partial charge in [0.05, 0.1) is 5.25 Å². The van der Waals surface area contributed by atoms with Gasteiger partial charge in [-0.1, -0.05) is 0 Å². The highest BCUT2D eigenvalue weighted by Crippen LogP contribution is 2.40. The molecule has 118 valence electrons. The molecule has 4 nitrogen and oxygen atoms in total. The topological polar surface area (TPSA) is 34.0 Å². The molecule has 2 aromatic heterocycles. The summed E-state index contributed by atoms with van der Waals surface area (Å²) in [7, 11) is 2.23. The highest BCUT2D eigenvalue weighted by molar-refractivity contribution is 7.99. The zero-order valence-corrected chi connectivity index (χ0v) is 14.1. The Labute approximate surface area is 136 Å². The van der Waals surface area contributed by atoms with Gasteiger partial charge in [0.2, 0.25) is 0 Å². The number of nitrogens with zero attached hydrogens (tertiary/aromatic N) is 4. The van der Waals surface area contributed by atoms with E-state index in [1.54, 1.807) is 0 Å². The van der Waals surface area contributed by atoms with Crippen LogP contribution in [0.15, 0.2) is 18.3 Å². The van der Waals surface area contributed by atoms with E-state index in [4.69, 9.17) is 4.98 Å². The summed E-state index contributed by atoms with van der Waals surface area (Å²) >= 11 is 2.07. The van der Waals surface area contributed by atoms with Gasteiger partial charge in [0.1, 0.15) is 11.3 Å². The van der Waals surface area contributed by atoms with Crippen molar-refractivity contribution in [2.45, 2.75) is 37.5 Å². The van der Waals surface area contributed by atoms with Crippen LogP contribution in [0.2, 0.25) is 0 Å². The Balaban J connectivity index is 1.66. The molecule has 4 heterocycles. The van der Waals surface area contributed by atoms with Gasteiger partial charge in [0.25, 0.3) is 0 Å². The molecule has 0 amide bonds. The first-order valence-electron chi connectivity index (χ1n) is 8.42. The molecule has 0 saturated carbocycles. The van der Waals surface area contributed by atoms with Gasteiger partial charge in [-0.25, -0.2) is 9.97 Å². The monoisotopic (exact) mass is 316 g/mol. The number of thioether (sulfide) groups is 1. The van der Waals surface area contributed by atoms with Gasteiger partial charge in [0, 0.05) is 12.7 Å². The smallest absolute Gasteiger partial charge is 0.160 e. The fraction of sp³-hybridized carbons (Fsp3) is 0.647. The molecular weight excluding hydrogens is 292 g/mol. The number of hydrogen-bond donors (Lipinski definition) is 0. The van der Waals surface area contributed by atoms with Crippen molar-refractivity contribution < 1.29 is 0 Å². The summed E-state index contributed by atoms with van der Waals surface area (Å²) in [5, 5.41) is 0.570. The normalized spacial score (nSPS) is 24.3. The summed E-state index contributed by atoms with van der Waals surface area (Å²) in [5.41, 5.74) is 2.15. The minimum atomic E-state index is 0.570. The van der Waals surface area contributed by atoms with Gasteiger partial charge in [0.15, 0.2) is 5.65 Å². The standard InChI is InChI=1S/C17H24N4S/c1-20-9-6-13(7-10-20)12-21-16-14(4-2-8-18-16)19-17(21)15-5-3-11-22-15/h2,4,8,13,15H,3,5-7,9-12H2,1H3. The van der Waals surface area contributed by atoms with Crippen molar-refractivity contribution in [3.63, 3.8) is 0 Å². The minimum absolute atomic E-state index is 0.570. The molecule has 1 atom stereocenters. The van der Waals surface area contributed by atoms with Gasteiger partial charge in [-0.3, -0.25) is 0 Å². The van der Waals surface area contributed by atoms with Crippen LogP contribution in [0.5, 0.6) is 0 Å². The Morgan fingerprint density at radius 3 is 2.91 bits per heavy atom. The Morgan fingerprint density at radius 2 is 2.14 bits per heavy atom. The fourth-order valence-corrected chi connectivity index (χ4v) is 4.97. The van der Waals surface area contributed by atoms with Crippen molar-refractivity contribution in [3.05, 3.63) is 24.2 Å². The third-order valence-corrected chi connectivity index (χ3v) is 6.40. The molecule has 2 aliphatic heterocycles. The van der Waals surface area contributed by atoms with Gasteiger partial charge >= 0.3 is 0 Å². The van der Waals surface area contributed by atoms with E-state index in [9.17, 15) is 0 Å². The van der Waals surface area contributed by atoms with Crippen molar-refractivity contribution in [2.75, 3.05) is 25.9 Å². The lowest BCUT2D eigenvalue weighted by Gasteiger charge is -2.29. The summed E-state index contributed by atoms with van der Waals surface area (Å²) < 4.78 is 2.44. The number of aromatic nitrogens is 3. The average molecular weight is 316 g/mol. The maximum atomic E-state index is 4.94. The number of likely N-dealkylation sites (tertiary alicyclic amines) is 1. The van der Waals surface area contributed by atoms with Gasteiger partial charge in [-0.15, -0.1) is 0 Å². The quantitative estimate of drug-likeness (QED) is 0.870. The molecule has 0 bridgehead atoms. The third-order valence-electron chi connectivity index (χ3n) is 5.03. The Kier molecular flexibility index (Phi) is 4.09. The molecule has 4 rings (SSSR count). The van der Waals surface area contributed by atoms with E-state index in [1.807, 2.05) is 12.3 Å². The summed E-state index contributed by atoms with van der Waals surface area (Å²) in [6, 6.07) is 4.11. The zero-order chi connectivity index (χ0) is 14.9. The lowest BCUT2D eigenvalue weighted by atomic mass is 9.97. The van der Waals surface area contributed by atoms with Crippen molar-refractivity contribution in [3.8, 4) is 0 Å². The van der Waals surface area contributed by atoms with E-state index in [2.05, 4.69) is 39.3 Å². The first-order chi connectivity index (χ1) is 10.8. The molecule has 5 heteroatoms. The second kappa shape index (κ2) is 6.20. The number of fused-ring (bicyclic) bond motifs is 1. The van der Waals surface area contributed by atoms with Crippen LogP contribution in [-0.2, 0) is 6.54 Å². The molecule has 0 spiro atoms. The van der Waals surface area contributed by atoms with Crippen molar-refractivity contribution >= 4 is 22.9 Å². The van der Waals surface area contributed by atoms with Crippen LogP contribution in [0.3, 0.4) is 0 Å². The van der Waals surface area contributed by atoms with Gasteiger partial charge in [-0.2, -0.15) is 11.8 Å². The lowest BCUT2D eigenvalue weighted by Crippen LogP contribution is -2.32. The maximum Gasteiger partial charge on any atom is 0.160 e. The molecule has 2 fully saturated rings. The zero-order valence-electron chi connectivity index (χ0n) is 13.2. The predicted molar refractivity (Wildman–Crippen MR) is 92.2 cm³/mol. The van der Waals surface area contributed by atoms with Crippen LogP contribution in [-0.4, -0.2) is 45.3 Å².